The summed E-state index contributed by atoms with van der Waals surface area (Å²) in [6.07, 6.45) is 0.519. The van der Waals surface area contributed by atoms with Crippen LogP contribution in [-0.4, -0.2) is 35.1 Å². The molecule has 130 valence electrons. The molecule has 0 saturated carbocycles. The zero-order chi connectivity index (χ0) is 17.8. The highest BCUT2D eigenvalue weighted by Gasteiger charge is 2.30. The van der Waals surface area contributed by atoms with Gasteiger partial charge in [0.25, 0.3) is 0 Å². The lowest BCUT2D eigenvalue weighted by molar-refractivity contribution is -0.141. The number of rotatable bonds is 4. The van der Waals surface area contributed by atoms with Gasteiger partial charge >= 0.3 is 12.0 Å². The molecule has 25 heavy (non-hydrogen) atoms. The van der Waals surface area contributed by atoms with Gasteiger partial charge in [0.2, 0.25) is 0 Å². The summed E-state index contributed by atoms with van der Waals surface area (Å²) in [6, 6.07) is 16.2. The number of benzene rings is 2. The molecule has 0 spiro atoms. The van der Waals surface area contributed by atoms with Crippen LogP contribution in [-0.2, 0) is 11.3 Å². The molecule has 0 aromatic heterocycles. The number of aliphatic carboxylic acids is 1. The quantitative estimate of drug-likeness (QED) is 0.899. The zero-order valence-electron chi connectivity index (χ0n) is 14.2. The summed E-state index contributed by atoms with van der Waals surface area (Å²) in [5, 5.41) is 11.9. The van der Waals surface area contributed by atoms with Crippen LogP contribution < -0.4 is 5.32 Å². The molecule has 2 N–H and O–H groups in total. The van der Waals surface area contributed by atoms with E-state index in [1.54, 1.807) is 4.90 Å². The number of urea groups is 1. The molecule has 1 atom stereocenters. The Morgan fingerprint density at radius 1 is 1.16 bits per heavy atom. The van der Waals surface area contributed by atoms with Crippen molar-refractivity contribution in [1.29, 1.82) is 0 Å². The Hall–Kier alpha value is -2.82. The Morgan fingerprint density at radius 3 is 2.56 bits per heavy atom. The van der Waals surface area contributed by atoms with E-state index < -0.39 is 11.9 Å². The van der Waals surface area contributed by atoms with Crippen molar-refractivity contribution in [3.05, 3.63) is 59.7 Å². The highest BCUT2D eigenvalue weighted by Crippen LogP contribution is 2.21. The first-order valence-corrected chi connectivity index (χ1v) is 8.44. The van der Waals surface area contributed by atoms with Crippen LogP contribution in [0.2, 0.25) is 0 Å². The van der Waals surface area contributed by atoms with Crippen LogP contribution in [0.15, 0.2) is 48.5 Å². The van der Waals surface area contributed by atoms with Gasteiger partial charge < -0.3 is 15.3 Å². The van der Waals surface area contributed by atoms with Gasteiger partial charge in [-0.15, -0.1) is 0 Å². The highest BCUT2D eigenvalue weighted by atomic mass is 16.4. The second-order valence-corrected chi connectivity index (χ2v) is 6.50. The number of carboxylic acids is 1. The molecular weight excluding hydrogens is 316 g/mol. The minimum Gasteiger partial charge on any atom is -0.481 e. The van der Waals surface area contributed by atoms with Crippen LogP contribution in [0.1, 0.15) is 17.5 Å². The zero-order valence-corrected chi connectivity index (χ0v) is 14.2. The molecule has 1 heterocycles. The Balaban J connectivity index is 1.61. The van der Waals surface area contributed by atoms with Gasteiger partial charge in [-0.2, -0.15) is 0 Å². The van der Waals surface area contributed by atoms with Crippen molar-refractivity contribution in [2.45, 2.75) is 19.9 Å². The number of carboxylic acid groups (broad SMARTS) is 1. The van der Waals surface area contributed by atoms with Crippen LogP contribution in [0.5, 0.6) is 0 Å². The summed E-state index contributed by atoms with van der Waals surface area (Å²) in [5.41, 5.74) is 4.49. The molecule has 1 aliphatic heterocycles. The van der Waals surface area contributed by atoms with Gasteiger partial charge in [-0.25, -0.2) is 4.79 Å². The van der Waals surface area contributed by atoms with Crippen molar-refractivity contribution < 1.29 is 14.7 Å². The minimum atomic E-state index is -0.832. The molecule has 3 rings (SSSR count). The molecule has 1 saturated heterocycles. The van der Waals surface area contributed by atoms with Gasteiger partial charge in [-0.05, 0) is 36.1 Å². The number of hydrogen-bond donors (Lipinski definition) is 2. The topological polar surface area (TPSA) is 69.6 Å². The summed E-state index contributed by atoms with van der Waals surface area (Å²) in [4.78, 5) is 24.8. The summed E-state index contributed by atoms with van der Waals surface area (Å²) >= 11 is 0. The largest absolute Gasteiger partial charge is 0.481 e. The van der Waals surface area contributed by atoms with Gasteiger partial charge in [0.05, 0.1) is 5.92 Å². The number of amides is 2. The van der Waals surface area contributed by atoms with E-state index in [1.807, 2.05) is 18.2 Å². The lowest BCUT2D eigenvalue weighted by atomic mass is 10.0. The Labute approximate surface area is 147 Å². The standard InChI is InChI=1S/C20H22N2O3/c1-14-4-2-6-16(10-14)17-7-3-5-15(11-17)12-21-20(25)22-9-8-18(13-22)19(23)24/h2-7,10-11,18H,8-9,12-13H2,1H3,(H,21,25)(H,23,24). The number of hydrogen-bond acceptors (Lipinski definition) is 2. The molecule has 0 aliphatic carbocycles. The van der Waals surface area contributed by atoms with E-state index in [1.165, 1.54) is 5.56 Å². The first-order valence-electron chi connectivity index (χ1n) is 8.44. The van der Waals surface area contributed by atoms with Crippen LogP contribution in [0, 0.1) is 12.8 Å². The average Bonchev–Trinajstić information content (AvgIpc) is 3.10. The lowest BCUT2D eigenvalue weighted by Crippen LogP contribution is -2.38. The maximum Gasteiger partial charge on any atom is 0.317 e. The van der Waals surface area contributed by atoms with Crippen molar-refractivity contribution in [3.8, 4) is 11.1 Å². The molecule has 2 aromatic rings. The molecule has 0 bridgehead atoms. The number of likely N-dealkylation sites (tertiary alicyclic amines) is 1. The Morgan fingerprint density at radius 2 is 1.88 bits per heavy atom. The van der Waals surface area contributed by atoms with E-state index in [-0.39, 0.29) is 12.6 Å². The lowest BCUT2D eigenvalue weighted by Gasteiger charge is -2.17. The van der Waals surface area contributed by atoms with Crippen LogP contribution in [0.4, 0.5) is 4.79 Å². The van der Waals surface area contributed by atoms with Crippen LogP contribution in [0.3, 0.4) is 0 Å². The number of nitrogens with zero attached hydrogens (tertiary/aromatic N) is 1. The second kappa shape index (κ2) is 7.38. The van der Waals surface area contributed by atoms with Crippen molar-refractivity contribution >= 4 is 12.0 Å². The van der Waals surface area contributed by atoms with Gasteiger partial charge in [-0.1, -0.05) is 48.0 Å². The third-order valence-corrected chi connectivity index (χ3v) is 4.55. The Kier molecular flexibility index (Phi) is 5.03. The summed E-state index contributed by atoms with van der Waals surface area (Å²) in [5.74, 6) is -1.28. The molecule has 2 aromatic carbocycles. The molecule has 0 radical (unpaired) electrons. The van der Waals surface area contributed by atoms with Crippen molar-refractivity contribution in [1.82, 2.24) is 10.2 Å². The molecule has 1 unspecified atom stereocenters. The maximum absolute atomic E-state index is 12.2. The molecule has 1 fully saturated rings. The summed E-state index contributed by atoms with van der Waals surface area (Å²) < 4.78 is 0. The number of carbonyl (C=O) groups excluding carboxylic acids is 1. The van der Waals surface area contributed by atoms with Crippen molar-refractivity contribution in [3.63, 3.8) is 0 Å². The number of nitrogens with one attached hydrogen (secondary N) is 1. The van der Waals surface area contributed by atoms with E-state index in [4.69, 9.17) is 5.11 Å². The van der Waals surface area contributed by atoms with E-state index in [0.717, 1.165) is 16.7 Å². The number of aryl methyl sites for hydroxylation is 1. The third-order valence-electron chi connectivity index (χ3n) is 4.55. The minimum absolute atomic E-state index is 0.204. The van der Waals surface area contributed by atoms with Crippen molar-refractivity contribution in [2.75, 3.05) is 13.1 Å². The van der Waals surface area contributed by atoms with Gasteiger partial charge in [0.1, 0.15) is 0 Å². The third kappa shape index (κ3) is 4.18. The average molecular weight is 338 g/mol. The van der Waals surface area contributed by atoms with E-state index in [0.29, 0.717) is 19.5 Å². The van der Waals surface area contributed by atoms with E-state index in [9.17, 15) is 9.59 Å². The first-order chi connectivity index (χ1) is 12.0. The maximum atomic E-state index is 12.2. The summed E-state index contributed by atoms with van der Waals surface area (Å²) in [6.45, 7) is 3.26. The predicted molar refractivity (Wildman–Crippen MR) is 96.2 cm³/mol. The van der Waals surface area contributed by atoms with E-state index in [2.05, 4.69) is 42.6 Å². The molecule has 1 aliphatic rings. The van der Waals surface area contributed by atoms with Gasteiger partial charge in [0, 0.05) is 19.6 Å². The molecule has 2 amide bonds. The fourth-order valence-electron chi connectivity index (χ4n) is 3.12. The van der Waals surface area contributed by atoms with E-state index >= 15 is 0 Å². The smallest absolute Gasteiger partial charge is 0.317 e. The fraction of sp³-hybridized carbons (Fsp3) is 0.300. The highest BCUT2D eigenvalue weighted by molar-refractivity contribution is 5.77. The van der Waals surface area contributed by atoms with Crippen molar-refractivity contribution in [2.24, 2.45) is 5.92 Å². The molecular formula is C20H22N2O3. The number of carbonyl (C=O) groups is 2. The predicted octanol–water partition coefficient (Wildman–Crippen LogP) is 3.28. The normalized spacial score (nSPS) is 16.7. The van der Waals surface area contributed by atoms with Gasteiger partial charge in [0.15, 0.2) is 0 Å². The molecule has 5 nitrogen and oxygen atoms in total. The first kappa shape index (κ1) is 17.0. The second-order valence-electron chi connectivity index (χ2n) is 6.50. The van der Waals surface area contributed by atoms with Crippen LogP contribution >= 0.6 is 0 Å². The summed E-state index contributed by atoms with van der Waals surface area (Å²) in [7, 11) is 0. The van der Waals surface area contributed by atoms with Gasteiger partial charge in [-0.3, -0.25) is 4.79 Å². The monoisotopic (exact) mass is 338 g/mol. The Bertz CT molecular complexity index is 788. The fourth-order valence-corrected chi connectivity index (χ4v) is 3.12. The van der Waals surface area contributed by atoms with Crippen LogP contribution in [0.25, 0.3) is 11.1 Å². The SMILES string of the molecule is Cc1cccc(-c2cccc(CNC(=O)N3CCC(C(=O)O)C3)c2)c1. The molecule has 5 heteroatoms.